The van der Waals surface area contributed by atoms with Gasteiger partial charge in [-0.1, -0.05) is 18.2 Å². The van der Waals surface area contributed by atoms with Gasteiger partial charge in [0.2, 0.25) is 0 Å². The maximum atomic E-state index is 12.6. The number of halogens is 3. The summed E-state index contributed by atoms with van der Waals surface area (Å²) in [7, 11) is 1.74. The van der Waals surface area contributed by atoms with Crippen LogP contribution in [0.5, 0.6) is 0 Å². The Bertz CT molecular complexity index is 320. The van der Waals surface area contributed by atoms with E-state index < -0.39 is 11.7 Å². The second-order valence-electron chi connectivity index (χ2n) is 3.55. The van der Waals surface area contributed by atoms with Crippen molar-refractivity contribution in [3.63, 3.8) is 0 Å². The van der Waals surface area contributed by atoms with Crippen molar-refractivity contribution in [2.45, 2.75) is 25.6 Å². The molecule has 15 heavy (non-hydrogen) atoms. The van der Waals surface area contributed by atoms with Crippen LogP contribution in [0.1, 0.15) is 18.1 Å². The van der Waals surface area contributed by atoms with E-state index in [2.05, 4.69) is 5.32 Å². The summed E-state index contributed by atoms with van der Waals surface area (Å²) in [5.74, 6) is 0. The van der Waals surface area contributed by atoms with E-state index >= 15 is 0 Å². The number of hydrogen-bond acceptors (Lipinski definition) is 1. The predicted octanol–water partition coefficient (Wildman–Crippen LogP) is 2.86. The minimum atomic E-state index is -4.26. The van der Waals surface area contributed by atoms with Crippen molar-refractivity contribution in [3.8, 4) is 0 Å². The fourth-order valence-corrected chi connectivity index (χ4v) is 1.41. The summed E-state index contributed by atoms with van der Waals surface area (Å²) in [4.78, 5) is 0. The Morgan fingerprint density at radius 1 is 1.27 bits per heavy atom. The van der Waals surface area contributed by atoms with Gasteiger partial charge in [-0.15, -0.1) is 0 Å². The van der Waals surface area contributed by atoms with Gasteiger partial charge in [-0.2, -0.15) is 13.2 Å². The van der Waals surface area contributed by atoms with Crippen LogP contribution in [0.3, 0.4) is 0 Å². The molecule has 0 spiro atoms. The van der Waals surface area contributed by atoms with Gasteiger partial charge in [0.15, 0.2) is 0 Å². The monoisotopic (exact) mass is 217 g/mol. The number of likely N-dealkylation sites (N-methyl/N-ethyl adjacent to an activating group) is 1. The van der Waals surface area contributed by atoms with Crippen LogP contribution < -0.4 is 5.32 Å². The van der Waals surface area contributed by atoms with Crippen LogP contribution in [0.4, 0.5) is 13.2 Å². The van der Waals surface area contributed by atoms with Crippen molar-refractivity contribution in [2.75, 3.05) is 7.05 Å². The molecule has 0 saturated carbocycles. The smallest absolute Gasteiger partial charge is 0.317 e. The maximum absolute atomic E-state index is 12.6. The molecule has 0 aliphatic rings. The molecule has 0 aromatic heterocycles. The number of hydrogen-bond donors (Lipinski definition) is 1. The highest BCUT2D eigenvalue weighted by molar-refractivity contribution is 5.30. The van der Waals surface area contributed by atoms with Gasteiger partial charge in [0, 0.05) is 6.04 Å². The Morgan fingerprint density at radius 2 is 1.87 bits per heavy atom. The molecule has 4 heteroatoms. The first-order valence-electron chi connectivity index (χ1n) is 4.77. The van der Waals surface area contributed by atoms with Gasteiger partial charge in [0.1, 0.15) is 0 Å². The van der Waals surface area contributed by atoms with Gasteiger partial charge in [-0.25, -0.2) is 0 Å². The lowest BCUT2D eigenvalue weighted by Gasteiger charge is -2.15. The molecule has 0 bridgehead atoms. The first-order valence-corrected chi connectivity index (χ1v) is 4.77. The second-order valence-corrected chi connectivity index (χ2v) is 3.55. The van der Waals surface area contributed by atoms with Crippen LogP contribution in [0.15, 0.2) is 24.3 Å². The zero-order valence-electron chi connectivity index (χ0n) is 8.73. The van der Waals surface area contributed by atoms with E-state index in [1.165, 1.54) is 12.1 Å². The average molecular weight is 217 g/mol. The molecule has 0 aliphatic heterocycles. The number of rotatable bonds is 3. The van der Waals surface area contributed by atoms with Gasteiger partial charge in [0.25, 0.3) is 0 Å². The molecule has 0 amide bonds. The highest BCUT2D eigenvalue weighted by Gasteiger charge is 2.32. The molecule has 1 nitrogen and oxygen atoms in total. The van der Waals surface area contributed by atoms with Crippen LogP contribution >= 0.6 is 0 Å². The lowest BCUT2D eigenvalue weighted by atomic mass is 10.0. The Labute approximate surface area is 87.3 Å². The Kier molecular flexibility index (Phi) is 3.74. The molecule has 0 saturated heterocycles. The first-order chi connectivity index (χ1) is 6.95. The Balaban J connectivity index is 2.97. The summed E-state index contributed by atoms with van der Waals surface area (Å²) in [6, 6.07) is 5.73. The van der Waals surface area contributed by atoms with Gasteiger partial charge in [0.05, 0.1) is 5.56 Å². The van der Waals surface area contributed by atoms with Crippen molar-refractivity contribution < 1.29 is 13.2 Å². The quantitative estimate of drug-likeness (QED) is 0.820. The Morgan fingerprint density at radius 3 is 2.40 bits per heavy atom. The fourth-order valence-electron chi connectivity index (χ4n) is 1.41. The predicted molar refractivity (Wildman–Crippen MR) is 53.7 cm³/mol. The summed E-state index contributed by atoms with van der Waals surface area (Å²) in [6.45, 7) is 1.85. The third kappa shape index (κ3) is 3.23. The SMILES string of the molecule is CN[C@@H](C)Cc1ccccc1C(F)(F)F. The molecule has 1 aromatic rings. The highest BCUT2D eigenvalue weighted by Crippen LogP contribution is 2.32. The summed E-state index contributed by atoms with van der Waals surface area (Å²) in [6.07, 6.45) is -3.88. The molecule has 1 atom stereocenters. The molecule has 0 unspecified atom stereocenters. The van der Waals surface area contributed by atoms with E-state index in [0.29, 0.717) is 12.0 Å². The maximum Gasteiger partial charge on any atom is 0.416 e. The van der Waals surface area contributed by atoms with Gasteiger partial charge >= 0.3 is 6.18 Å². The molecule has 84 valence electrons. The minimum absolute atomic E-state index is 0.0356. The molecule has 0 radical (unpaired) electrons. The largest absolute Gasteiger partial charge is 0.416 e. The summed E-state index contributed by atoms with van der Waals surface area (Å²) >= 11 is 0. The molecule has 1 rings (SSSR count). The standard InChI is InChI=1S/C11H14F3N/c1-8(15-2)7-9-5-3-4-6-10(9)11(12,13)14/h3-6,8,15H,7H2,1-2H3/t8-/m0/s1. The summed E-state index contributed by atoms with van der Waals surface area (Å²) in [5, 5.41) is 2.92. The molecule has 1 N–H and O–H groups in total. The van der Waals surface area contributed by atoms with Gasteiger partial charge in [-0.3, -0.25) is 0 Å². The normalized spacial score (nSPS) is 13.9. The zero-order chi connectivity index (χ0) is 11.5. The fraction of sp³-hybridized carbons (Fsp3) is 0.455. The lowest BCUT2D eigenvalue weighted by molar-refractivity contribution is -0.138. The molecule has 1 aromatic carbocycles. The molecular weight excluding hydrogens is 203 g/mol. The summed E-state index contributed by atoms with van der Waals surface area (Å²) in [5.41, 5.74) is -0.195. The zero-order valence-corrected chi connectivity index (χ0v) is 8.73. The van der Waals surface area contributed by atoms with E-state index in [9.17, 15) is 13.2 Å². The lowest BCUT2D eigenvalue weighted by Crippen LogP contribution is -2.25. The molecule has 0 fully saturated rings. The van der Waals surface area contributed by atoms with E-state index in [-0.39, 0.29) is 6.04 Å². The number of alkyl halides is 3. The highest BCUT2D eigenvalue weighted by atomic mass is 19.4. The van der Waals surface area contributed by atoms with Crippen LogP contribution in [-0.2, 0) is 12.6 Å². The number of benzene rings is 1. The van der Waals surface area contributed by atoms with Crippen molar-refractivity contribution >= 4 is 0 Å². The molecule has 0 heterocycles. The topological polar surface area (TPSA) is 12.0 Å². The second kappa shape index (κ2) is 4.66. The van der Waals surface area contributed by atoms with E-state index in [1.54, 1.807) is 13.1 Å². The Hall–Kier alpha value is -1.03. The van der Waals surface area contributed by atoms with Gasteiger partial charge < -0.3 is 5.32 Å². The van der Waals surface area contributed by atoms with Crippen LogP contribution in [-0.4, -0.2) is 13.1 Å². The number of nitrogens with one attached hydrogen (secondary N) is 1. The summed E-state index contributed by atoms with van der Waals surface area (Å²) < 4.78 is 37.7. The van der Waals surface area contributed by atoms with Crippen LogP contribution in [0, 0.1) is 0 Å². The van der Waals surface area contributed by atoms with Crippen LogP contribution in [0.25, 0.3) is 0 Å². The molecular formula is C11H14F3N. The average Bonchev–Trinajstić information content (AvgIpc) is 2.17. The van der Waals surface area contributed by atoms with Crippen LogP contribution in [0.2, 0.25) is 0 Å². The van der Waals surface area contributed by atoms with E-state index in [4.69, 9.17) is 0 Å². The third-order valence-electron chi connectivity index (χ3n) is 2.34. The third-order valence-corrected chi connectivity index (χ3v) is 2.34. The van der Waals surface area contributed by atoms with E-state index in [0.717, 1.165) is 6.07 Å². The van der Waals surface area contributed by atoms with Crippen molar-refractivity contribution in [2.24, 2.45) is 0 Å². The first kappa shape index (κ1) is 12.0. The molecule has 0 aliphatic carbocycles. The van der Waals surface area contributed by atoms with Crippen molar-refractivity contribution in [3.05, 3.63) is 35.4 Å². The van der Waals surface area contributed by atoms with Crippen molar-refractivity contribution in [1.29, 1.82) is 0 Å². The van der Waals surface area contributed by atoms with Crippen molar-refractivity contribution in [1.82, 2.24) is 5.32 Å². The van der Waals surface area contributed by atoms with Gasteiger partial charge in [-0.05, 0) is 32.0 Å². The van der Waals surface area contributed by atoms with E-state index in [1.807, 2.05) is 6.92 Å². The minimum Gasteiger partial charge on any atom is -0.317 e.